The normalized spacial score (nSPS) is 19.5. The van der Waals surface area contributed by atoms with Gasteiger partial charge in [0.05, 0.1) is 17.5 Å². The summed E-state index contributed by atoms with van der Waals surface area (Å²) in [6, 6.07) is 13.6. The SMILES string of the molecule is COc1ccc2c(Sc3ccc(Cl)cc3)c(C(=O)N3C[C@H](C)C[C@@H](C)C3)[nH]c2c1. The number of fused-ring (bicyclic) bond motifs is 1. The summed E-state index contributed by atoms with van der Waals surface area (Å²) in [6.07, 6.45) is 1.17. The van der Waals surface area contributed by atoms with Crippen molar-refractivity contribution in [2.24, 2.45) is 11.8 Å². The summed E-state index contributed by atoms with van der Waals surface area (Å²) in [5.41, 5.74) is 1.55. The van der Waals surface area contributed by atoms with Crippen LogP contribution in [0.5, 0.6) is 5.75 Å². The zero-order chi connectivity index (χ0) is 20.5. The molecule has 1 saturated heterocycles. The molecule has 29 heavy (non-hydrogen) atoms. The zero-order valence-electron chi connectivity index (χ0n) is 16.9. The third-order valence-electron chi connectivity index (χ3n) is 5.36. The molecule has 0 spiro atoms. The van der Waals surface area contributed by atoms with Gasteiger partial charge in [-0.2, -0.15) is 0 Å². The van der Waals surface area contributed by atoms with Crippen LogP contribution in [0.25, 0.3) is 10.9 Å². The maximum absolute atomic E-state index is 13.5. The molecule has 0 bridgehead atoms. The van der Waals surface area contributed by atoms with Crippen molar-refractivity contribution < 1.29 is 9.53 Å². The fourth-order valence-corrected chi connectivity index (χ4v) is 5.30. The molecule has 1 amide bonds. The molecule has 4 rings (SSSR count). The molecule has 4 nitrogen and oxygen atoms in total. The minimum Gasteiger partial charge on any atom is -0.497 e. The number of halogens is 1. The zero-order valence-corrected chi connectivity index (χ0v) is 18.4. The van der Waals surface area contributed by atoms with Crippen LogP contribution in [0.3, 0.4) is 0 Å². The summed E-state index contributed by atoms with van der Waals surface area (Å²) in [7, 11) is 1.65. The Balaban J connectivity index is 1.76. The Morgan fingerprint density at radius 2 is 1.83 bits per heavy atom. The number of carbonyl (C=O) groups is 1. The van der Waals surface area contributed by atoms with Crippen LogP contribution in [0.15, 0.2) is 52.3 Å². The molecule has 1 N–H and O–H groups in total. The monoisotopic (exact) mass is 428 g/mol. The summed E-state index contributed by atoms with van der Waals surface area (Å²) in [4.78, 5) is 20.9. The number of nitrogens with zero attached hydrogens (tertiary/aromatic N) is 1. The van der Waals surface area contributed by atoms with Gasteiger partial charge in [-0.05, 0) is 54.7 Å². The van der Waals surface area contributed by atoms with Crippen LogP contribution in [0.1, 0.15) is 30.8 Å². The van der Waals surface area contributed by atoms with Gasteiger partial charge in [0.15, 0.2) is 0 Å². The highest BCUT2D eigenvalue weighted by Gasteiger charge is 2.29. The topological polar surface area (TPSA) is 45.3 Å². The fraction of sp³-hybridized carbons (Fsp3) is 0.348. The standard InChI is InChI=1S/C23H25ClN2O2S/c1-14-10-15(2)13-26(12-14)23(27)21-22(29-18-7-4-16(24)5-8-18)19-9-6-17(28-3)11-20(19)25-21/h4-9,11,14-15,25H,10,12-13H2,1-3H3/t14-,15-/m1/s1. The molecule has 2 aromatic carbocycles. The lowest BCUT2D eigenvalue weighted by Crippen LogP contribution is -2.42. The summed E-state index contributed by atoms with van der Waals surface area (Å²) >= 11 is 7.63. The molecule has 1 aliphatic rings. The van der Waals surface area contributed by atoms with Crippen molar-refractivity contribution in [3.05, 3.63) is 53.2 Å². The third kappa shape index (κ3) is 4.26. The molecule has 6 heteroatoms. The van der Waals surface area contributed by atoms with Crippen LogP contribution in [-0.4, -0.2) is 36.0 Å². The summed E-state index contributed by atoms with van der Waals surface area (Å²) in [5.74, 6) is 1.86. The molecule has 2 heterocycles. The smallest absolute Gasteiger partial charge is 0.271 e. The first kappa shape index (κ1) is 20.2. The van der Waals surface area contributed by atoms with E-state index in [1.165, 1.54) is 6.42 Å². The average Bonchev–Trinajstić information content (AvgIpc) is 3.05. The van der Waals surface area contributed by atoms with E-state index < -0.39 is 0 Å². The third-order valence-corrected chi connectivity index (χ3v) is 6.75. The molecule has 152 valence electrons. The van der Waals surface area contributed by atoms with Gasteiger partial charge in [0.2, 0.25) is 0 Å². The Morgan fingerprint density at radius 1 is 1.14 bits per heavy atom. The predicted molar refractivity (Wildman–Crippen MR) is 119 cm³/mol. The highest BCUT2D eigenvalue weighted by molar-refractivity contribution is 7.99. The van der Waals surface area contributed by atoms with Crippen molar-refractivity contribution in [3.8, 4) is 5.75 Å². The van der Waals surface area contributed by atoms with Gasteiger partial charge in [-0.3, -0.25) is 4.79 Å². The van der Waals surface area contributed by atoms with Gasteiger partial charge in [-0.25, -0.2) is 0 Å². The molecular weight excluding hydrogens is 404 g/mol. The Labute approximate surface area is 180 Å². The number of ether oxygens (including phenoxy) is 1. The maximum atomic E-state index is 13.5. The summed E-state index contributed by atoms with van der Waals surface area (Å²) in [5, 5.41) is 1.72. The van der Waals surface area contributed by atoms with Crippen LogP contribution in [0.2, 0.25) is 5.02 Å². The van der Waals surface area contributed by atoms with Crippen molar-refractivity contribution in [1.82, 2.24) is 9.88 Å². The van der Waals surface area contributed by atoms with Gasteiger partial charge in [0.1, 0.15) is 11.4 Å². The van der Waals surface area contributed by atoms with E-state index in [0.717, 1.165) is 39.5 Å². The number of carbonyl (C=O) groups excluding carboxylic acids is 1. The number of rotatable bonds is 4. The van der Waals surface area contributed by atoms with E-state index in [1.807, 2.05) is 47.4 Å². The number of aromatic amines is 1. The van der Waals surface area contributed by atoms with E-state index in [2.05, 4.69) is 18.8 Å². The first-order valence-corrected chi connectivity index (χ1v) is 11.1. The number of likely N-dealkylation sites (tertiary alicyclic amines) is 1. The van der Waals surface area contributed by atoms with Crippen LogP contribution in [0.4, 0.5) is 0 Å². The van der Waals surface area contributed by atoms with Crippen LogP contribution >= 0.6 is 23.4 Å². The number of H-pyrrole nitrogens is 1. The Morgan fingerprint density at radius 3 is 2.48 bits per heavy atom. The van der Waals surface area contributed by atoms with Gasteiger partial charge < -0.3 is 14.6 Å². The summed E-state index contributed by atoms with van der Waals surface area (Å²) < 4.78 is 5.37. The van der Waals surface area contributed by atoms with Gasteiger partial charge in [0.25, 0.3) is 5.91 Å². The maximum Gasteiger partial charge on any atom is 0.271 e. The largest absolute Gasteiger partial charge is 0.497 e. The van der Waals surface area contributed by atoms with E-state index in [9.17, 15) is 4.79 Å². The molecule has 3 aromatic rings. The van der Waals surface area contributed by atoms with Crippen LogP contribution in [-0.2, 0) is 0 Å². The van der Waals surface area contributed by atoms with E-state index in [1.54, 1.807) is 18.9 Å². The predicted octanol–water partition coefficient (Wildman–Crippen LogP) is 6.10. The Kier molecular flexibility index (Phi) is 5.79. The number of hydrogen-bond donors (Lipinski definition) is 1. The van der Waals surface area contributed by atoms with E-state index >= 15 is 0 Å². The number of piperidine rings is 1. The van der Waals surface area contributed by atoms with Gasteiger partial charge >= 0.3 is 0 Å². The molecule has 0 radical (unpaired) electrons. The molecule has 0 aliphatic carbocycles. The highest BCUT2D eigenvalue weighted by atomic mass is 35.5. The lowest BCUT2D eigenvalue weighted by molar-refractivity contribution is 0.0614. The second-order valence-corrected chi connectivity index (χ2v) is 9.47. The summed E-state index contributed by atoms with van der Waals surface area (Å²) in [6.45, 7) is 6.03. The Hall–Kier alpha value is -2.11. The quantitative estimate of drug-likeness (QED) is 0.546. The second kappa shape index (κ2) is 8.33. The lowest BCUT2D eigenvalue weighted by atomic mass is 9.92. The molecule has 2 atom stereocenters. The first-order valence-electron chi connectivity index (χ1n) is 9.87. The van der Waals surface area contributed by atoms with Crippen LogP contribution in [0, 0.1) is 11.8 Å². The molecule has 1 aliphatic heterocycles. The van der Waals surface area contributed by atoms with E-state index in [4.69, 9.17) is 16.3 Å². The number of hydrogen-bond acceptors (Lipinski definition) is 3. The van der Waals surface area contributed by atoms with Gasteiger partial charge in [-0.1, -0.05) is 37.2 Å². The number of aromatic nitrogens is 1. The highest BCUT2D eigenvalue weighted by Crippen LogP contribution is 2.39. The molecule has 0 unspecified atom stereocenters. The molecule has 1 fully saturated rings. The fourth-order valence-electron chi connectivity index (χ4n) is 4.14. The Bertz CT molecular complexity index is 1020. The van der Waals surface area contributed by atoms with Crippen molar-refractivity contribution in [3.63, 3.8) is 0 Å². The van der Waals surface area contributed by atoms with E-state index in [0.29, 0.717) is 22.6 Å². The lowest BCUT2D eigenvalue weighted by Gasteiger charge is -2.34. The first-order chi connectivity index (χ1) is 13.9. The number of methoxy groups -OCH3 is 1. The van der Waals surface area contributed by atoms with Crippen molar-refractivity contribution in [2.45, 2.75) is 30.1 Å². The van der Waals surface area contributed by atoms with Gasteiger partial charge in [-0.15, -0.1) is 0 Å². The van der Waals surface area contributed by atoms with Crippen molar-refractivity contribution in [2.75, 3.05) is 20.2 Å². The average molecular weight is 429 g/mol. The number of benzene rings is 2. The van der Waals surface area contributed by atoms with E-state index in [-0.39, 0.29) is 5.91 Å². The minimum absolute atomic E-state index is 0.0648. The molecule has 1 aromatic heterocycles. The molecule has 0 saturated carbocycles. The van der Waals surface area contributed by atoms with Crippen molar-refractivity contribution >= 4 is 40.2 Å². The molecular formula is C23H25ClN2O2S. The minimum atomic E-state index is 0.0648. The van der Waals surface area contributed by atoms with Gasteiger partial charge in [0, 0.05) is 34.5 Å². The van der Waals surface area contributed by atoms with Crippen molar-refractivity contribution in [1.29, 1.82) is 0 Å². The van der Waals surface area contributed by atoms with Crippen LogP contribution < -0.4 is 4.74 Å². The number of amides is 1. The second-order valence-electron chi connectivity index (χ2n) is 7.95. The number of nitrogens with one attached hydrogen (secondary N) is 1.